The van der Waals surface area contributed by atoms with Gasteiger partial charge in [0.1, 0.15) is 11.4 Å². The molecule has 10 nitrogen and oxygen atoms in total. The first-order valence-electron chi connectivity index (χ1n) is 10.8. The molecule has 0 aliphatic rings. The average molecular weight is 613 g/mol. The van der Waals surface area contributed by atoms with E-state index in [-0.39, 0.29) is 24.5 Å². The zero-order valence-corrected chi connectivity index (χ0v) is 25.5. The minimum Gasteiger partial charge on any atom is -0.387 e. The van der Waals surface area contributed by atoms with Gasteiger partial charge in [0.2, 0.25) is 0 Å². The van der Waals surface area contributed by atoms with Gasteiger partial charge >= 0.3 is 0 Å². The first kappa shape index (κ1) is 35.0. The van der Waals surface area contributed by atoms with Crippen molar-refractivity contribution in [2.75, 3.05) is 24.3 Å². The summed E-state index contributed by atoms with van der Waals surface area (Å²) in [6.07, 6.45) is 9.93. The van der Waals surface area contributed by atoms with E-state index in [1.54, 1.807) is 69.7 Å². The number of aromatic nitrogens is 6. The van der Waals surface area contributed by atoms with Gasteiger partial charge in [-0.2, -0.15) is 6.92 Å². The molecule has 0 spiro atoms. The molecular formula is C24H30ClN8O2S2V-. The summed E-state index contributed by atoms with van der Waals surface area (Å²) < 4.78 is 4.17. The van der Waals surface area contributed by atoms with Crippen molar-refractivity contribution in [3.8, 4) is 0 Å². The molecule has 0 aliphatic carbocycles. The van der Waals surface area contributed by atoms with Crippen molar-refractivity contribution in [1.29, 1.82) is 0 Å². The Morgan fingerprint density at radius 3 is 1.79 bits per heavy atom. The van der Waals surface area contributed by atoms with Crippen molar-refractivity contribution in [3.05, 3.63) is 89.3 Å². The van der Waals surface area contributed by atoms with Crippen LogP contribution in [0.15, 0.2) is 61.4 Å². The molecule has 0 aromatic carbocycles. The number of nitrogens with one attached hydrogen (secondary N) is 3. The third-order valence-corrected chi connectivity index (χ3v) is 5.68. The van der Waals surface area contributed by atoms with Gasteiger partial charge in [0, 0.05) is 77.7 Å². The SMILES string of the molecule is CN(C(=O)c1c[nH]c(=S)n1C)c1cccnc1.CNc1cccnc1.Cn1c(C(=O)Cl)c[nH]c1=S.[CH2-]C.[V]. The molecule has 0 fully saturated rings. The maximum Gasteiger partial charge on any atom is 0.276 e. The van der Waals surface area contributed by atoms with Crippen LogP contribution in [0.2, 0.25) is 0 Å². The number of H-pyrrole nitrogens is 2. The van der Waals surface area contributed by atoms with Gasteiger partial charge < -0.3 is 36.2 Å². The summed E-state index contributed by atoms with van der Waals surface area (Å²) in [5.41, 5.74) is 2.69. The number of rotatable bonds is 4. The molecule has 0 saturated carbocycles. The fourth-order valence-corrected chi connectivity index (χ4v) is 3.11. The van der Waals surface area contributed by atoms with Crippen LogP contribution in [0.1, 0.15) is 27.9 Å². The average Bonchev–Trinajstić information content (AvgIpc) is 3.46. The van der Waals surface area contributed by atoms with Gasteiger partial charge in [-0.3, -0.25) is 19.6 Å². The van der Waals surface area contributed by atoms with E-state index in [0.29, 0.717) is 20.9 Å². The summed E-state index contributed by atoms with van der Waals surface area (Å²) in [5, 5.41) is 2.46. The van der Waals surface area contributed by atoms with Crippen LogP contribution in [-0.4, -0.2) is 54.3 Å². The van der Waals surface area contributed by atoms with Crippen LogP contribution in [0.3, 0.4) is 0 Å². The Labute approximate surface area is 249 Å². The Kier molecular flexibility index (Phi) is 16.8. The predicted molar refractivity (Wildman–Crippen MR) is 153 cm³/mol. The molecule has 0 atom stereocenters. The van der Waals surface area contributed by atoms with Gasteiger partial charge in [0.05, 0.1) is 17.6 Å². The summed E-state index contributed by atoms with van der Waals surface area (Å²) in [4.78, 5) is 37.7. The first-order chi connectivity index (χ1) is 17.7. The molecule has 1 amide bonds. The van der Waals surface area contributed by atoms with Crippen LogP contribution in [0, 0.1) is 16.5 Å². The van der Waals surface area contributed by atoms with E-state index in [1.165, 1.54) is 15.7 Å². The monoisotopic (exact) mass is 612 g/mol. The quantitative estimate of drug-likeness (QED) is 0.165. The number of pyridine rings is 2. The predicted octanol–water partition coefficient (Wildman–Crippen LogP) is 5.18. The van der Waals surface area contributed by atoms with Gasteiger partial charge in [-0.05, 0) is 60.3 Å². The zero-order chi connectivity index (χ0) is 28.0. The van der Waals surface area contributed by atoms with Crippen LogP contribution < -0.4 is 10.2 Å². The topological polar surface area (TPSA) is 117 Å². The number of aromatic amines is 2. The number of halogens is 1. The summed E-state index contributed by atoms with van der Waals surface area (Å²) in [6, 6.07) is 7.47. The molecule has 4 rings (SSSR count). The van der Waals surface area contributed by atoms with Crippen molar-refractivity contribution >= 4 is 58.6 Å². The van der Waals surface area contributed by atoms with E-state index in [9.17, 15) is 9.59 Å². The third-order valence-electron chi connectivity index (χ3n) is 4.71. The van der Waals surface area contributed by atoms with E-state index in [0.717, 1.165) is 11.4 Å². The van der Waals surface area contributed by atoms with Crippen LogP contribution in [0.25, 0.3) is 0 Å². The molecule has 4 heterocycles. The molecule has 14 heteroatoms. The second-order valence-electron chi connectivity index (χ2n) is 6.92. The molecule has 4 aromatic rings. The Balaban J connectivity index is 0.000000558. The molecular weight excluding hydrogens is 583 g/mol. The molecule has 0 aliphatic heterocycles. The van der Waals surface area contributed by atoms with E-state index in [2.05, 4.69) is 32.2 Å². The Morgan fingerprint density at radius 1 is 0.974 bits per heavy atom. The molecule has 1 radical (unpaired) electrons. The van der Waals surface area contributed by atoms with Crippen molar-refractivity contribution in [2.45, 2.75) is 6.92 Å². The molecule has 4 aromatic heterocycles. The summed E-state index contributed by atoms with van der Waals surface area (Å²) in [6.45, 7) is 5.00. The molecule has 38 heavy (non-hydrogen) atoms. The van der Waals surface area contributed by atoms with Gasteiger partial charge in [0.25, 0.3) is 11.1 Å². The normalized spacial score (nSPS) is 9.13. The Morgan fingerprint density at radius 2 is 1.47 bits per heavy atom. The maximum atomic E-state index is 12.2. The van der Waals surface area contributed by atoms with Crippen LogP contribution in [0.4, 0.5) is 11.4 Å². The number of carbonyl (C=O) groups excluding carboxylic acids is 2. The van der Waals surface area contributed by atoms with E-state index >= 15 is 0 Å². The van der Waals surface area contributed by atoms with Crippen molar-refractivity contribution in [2.24, 2.45) is 14.1 Å². The number of anilines is 2. The van der Waals surface area contributed by atoms with Crippen LogP contribution in [0.5, 0.6) is 0 Å². The summed E-state index contributed by atoms with van der Waals surface area (Å²) >= 11 is 15.0. The van der Waals surface area contributed by atoms with Crippen molar-refractivity contribution in [3.63, 3.8) is 0 Å². The van der Waals surface area contributed by atoms with Gasteiger partial charge in [-0.25, -0.2) is 0 Å². The smallest absolute Gasteiger partial charge is 0.276 e. The molecule has 0 bridgehead atoms. The first-order valence-corrected chi connectivity index (χ1v) is 12.0. The van der Waals surface area contributed by atoms with E-state index < -0.39 is 5.24 Å². The van der Waals surface area contributed by atoms with Crippen LogP contribution in [-0.2, 0) is 32.7 Å². The van der Waals surface area contributed by atoms with Gasteiger partial charge in [-0.1, -0.05) is 0 Å². The largest absolute Gasteiger partial charge is 0.387 e. The minimum absolute atomic E-state index is 0. The van der Waals surface area contributed by atoms with Crippen LogP contribution >= 0.6 is 36.0 Å². The molecule has 0 saturated heterocycles. The third kappa shape index (κ3) is 10.4. The molecule has 0 unspecified atom stereocenters. The second kappa shape index (κ2) is 18.3. The number of amides is 1. The maximum absolute atomic E-state index is 12.2. The number of imidazole rings is 2. The van der Waals surface area contributed by atoms with E-state index in [4.69, 9.17) is 36.0 Å². The fourth-order valence-electron chi connectivity index (χ4n) is 2.61. The second-order valence-corrected chi connectivity index (χ2v) is 8.03. The van der Waals surface area contributed by atoms with Crippen molar-refractivity contribution < 1.29 is 28.1 Å². The number of carbonyl (C=O) groups is 2. The Bertz CT molecular complexity index is 1370. The number of hydrogen-bond donors (Lipinski definition) is 3. The summed E-state index contributed by atoms with van der Waals surface area (Å²) in [7, 11) is 7.00. The number of hydrogen-bond acceptors (Lipinski definition) is 7. The Hall–Kier alpha value is -3.03. The standard InChI is InChI=1S/C11H12N4OS.C6H8N2.C5H5ClN2OS.C2H5.V/c1-14(8-4-3-5-12-6-8)10(16)9-7-13-11(17)15(9)2;1-7-6-3-2-4-8-5-6;1-8-3(4(6)9)2-7-5(8)10;1-2;/h3-7H,1-2H3,(H,13,17);2-5,7H,1H3;2H,1H3,(H,7,10);1H2,2H3;/q;;;-1;. The van der Waals surface area contributed by atoms with Crippen molar-refractivity contribution in [1.82, 2.24) is 29.1 Å². The van der Waals surface area contributed by atoms with Gasteiger partial charge in [-0.15, -0.1) is 0 Å². The van der Waals surface area contributed by atoms with E-state index in [1.807, 2.05) is 25.2 Å². The fraction of sp³-hybridized carbons (Fsp3) is 0.208. The molecule has 3 N–H and O–H groups in total. The number of nitrogens with zero attached hydrogens (tertiary/aromatic N) is 5. The summed E-state index contributed by atoms with van der Waals surface area (Å²) in [5.74, 6) is -0.132. The molecule has 203 valence electrons. The minimum atomic E-state index is -0.505. The zero-order valence-electron chi connectivity index (χ0n) is 21.7. The van der Waals surface area contributed by atoms with Gasteiger partial charge in [0.15, 0.2) is 9.54 Å².